The number of benzene rings is 5. The van der Waals surface area contributed by atoms with Crippen molar-refractivity contribution < 1.29 is 45.3 Å². The van der Waals surface area contributed by atoms with Crippen LogP contribution in [0.25, 0.3) is 0 Å². The molecule has 0 radical (unpaired) electrons. The molecule has 0 saturated heterocycles. The van der Waals surface area contributed by atoms with Gasteiger partial charge in [0.15, 0.2) is 0 Å². The normalized spacial score (nSPS) is 11.9. The lowest BCUT2D eigenvalue weighted by molar-refractivity contribution is 0.282. The number of hydrogen-bond donors (Lipinski definition) is 4. The van der Waals surface area contributed by atoms with Gasteiger partial charge in [0, 0.05) is 42.6 Å². The molecule has 1 heterocycles. The summed E-state index contributed by atoms with van der Waals surface area (Å²) >= 11 is 13.5. The summed E-state index contributed by atoms with van der Waals surface area (Å²) in [6.45, 7) is 2.53. The number of aromatic nitrogens is 3. The van der Waals surface area contributed by atoms with Crippen LogP contribution in [0, 0.1) is 0 Å². The Balaban J connectivity index is 1.36. The second-order valence-electron chi connectivity index (χ2n) is 14.4. The minimum atomic E-state index is -4.67. The summed E-state index contributed by atoms with van der Waals surface area (Å²) in [6.07, 6.45) is 0.834. The van der Waals surface area contributed by atoms with Crippen molar-refractivity contribution in [1.29, 1.82) is 0 Å². The number of azo groups is 2. The third-order valence-corrected chi connectivity index (χ3v) is 11.6. The lowest BCUT2D eigenvalue weighted by atomic mass is 10.1. The Morgan fingerprint density at radius 2 is 1.24 bits per heavy atom. The maximum absolute atomic E-state index is 12.0. The van der Waals surface area contributed by atoms with E-state index in [1.165, 1.54) is 25.3 Å². The van der Waals surface area contributed by atoms with Crippen LogP contribution in [0.15, 0.2) is 122 Å². The maximum Gasteiger partial charge on any atom is 0.298 e. The van der Waals surface area contributed by atoms with Crippen LogP contribution >= 0.6 is 23.2 Å². The first kappa shape index (κ1) is 49.3. The van der Waals surface area contributed by atoms with E-state index in [2.05, 4.69) is 25.8 Å². The lowest BCUT2D eigenvalue weighted by Gasteiger charge is -2.15. The predicted octanol–water partition coefficient (Wildman–Crippen LogP) is 10.00. The third kappa shape index (κ3) is 14.4. The number of anilines is 1. The van der Waals surface area contributed by atoms with Gasteiger partial charge in [-0.25, -0.2) is 4.98 Å². The van der Waals surface area contributed by atoms with Crippen LogP contribution in [-0.2, 0) is 46.2 Å². The van der Waals surface area contributed by atoms with Crippen LogP contribution in [0.2, 0.25) is 10.0 Å². The van der Waals surface area contributed by atoms with E-state index in [0.717, 1.165) is 23.6 Å². The lowest BCUT2D eigenvalue weighted by Crippen LogP contribution is -2.12. The van der Waals surface area contributed by atoms with Crippen molar-refractivity contribution in [2.24, 2.45) is 20.5 Å². The van der Waals surface area contributed by atoms with Gasteiger partial charge < -0.3 is 24.6 Å². The fourth-order valence-electron chi connectivity index (χ4n) is 6.15. The number of ether oxygens (including phenoxy) is 3. The highest BCUT2D eigenvalue weighted by Gasteiger charge is 2.20. The van der Waals surface area contributed by atoms with Crippen LogP contribution in [0.5, 0.6) is 17.2 Å². The van der Waals surface area contributed by atoms with E-state index < -0.39 is 30.9 Å². The van der Waals surface area contributed by atoms with Gasteiger partial charge in [-0.1, -0.05) is 72.6 Å². The maximum atomic E-state index is 12.0. The van der Waals surface area contributed by atoms with Crippen molar-refractivity contribution in [1.82, 2.24) is 15.0 Å². The molecule has 22 heteroatoms. The van der Waals surface area contributed by atoms with Crippen molar-refractivity contribution in [3.8, 4) is 17.2 Å². The zero-order chi connectivity index (χ0) is 47.3. The topological polar surface area (TPSA) is 257 Å². The van der Waals surface area contributed by atoms with Crippen molar-refractivity contribution in [3.63, 3.8) is 0 Å². The van der Waals surface area contributed by atoms with E-state index >= 15 is 0 Å². The Hall–Kier alpha value is -6.13. The summed E-state index contributed by atoms with van der Waals surface area (Å²) in [5, 5.41) is 30.1. The molecule has 0 spiro atoms. The number of halogens is 2. The van der Waals surface area contributed by atoms with Crippen LogP contribution < -0.4 is 19.5 Å². The molecule has 0 amide bonds. The SMILES string of the molecule is CCCOc1cc(N=Nc2ccc(CO)cc2)c(Cl)cc1Cc1nc(Cc2cc(Cl)c(N=Nc3ccc(OC)c(S(=O)(=O)O)c3)cc2OCCCS(=O)(=O)O)nc(NCc2ccccc2)n1. The van der Waals surface area contributed by atoms with Gasteiger partial charge in [-0.2, -0.15) is 37.0 Å². The molecule has 66 heavy (non-hydrogen) atoms. The monoisotopic (exact) mass is 978 g/mol. The fraction of sp³-hybridized carbons (Fsp3) is 0.250. The summed E-state index contributed by atoms with van der Waals surface area (Å²) in [6, 6.07) is 26.8. The molecule has 6 rings (SSSR count). The second kappa shape index (κ2) is 22.9. The Labute approximate surface area is 391 Å². The smallest absolute Gasteiger partial charge is 0.298 e. The van der Waals surface area contributed by atoms with Crippen molar-refractivity contribution in [2.75, 3.05) is 31.4 Å². The standard InChI is InChI=1S/C44H44Cl2N8O10S2/c1-3-16-63-39-24-36(53-51-32-12-10-29(27-55)11-13-32)34(45)19-30(39)21-42-48-43(50-44(49-42)47-26-28-8-5-4-6-9-28)22-31-20-35(46)37(25-40(31)64-17-7-18-65(56,57)58)54-52-33-14-15-38(62-2)41(23-33)66(59,60)61/h4-6,8-15,19-20,23-25,55H,3,7,16-18,21-22,26-27H2,1-2H3,(H,56,57,58)(H,59,60,61)(H,47,48,49,50). The van der Waals surface area contributed by atoms with Gasteiger partial charge in [-0.3, -0.25) is 9.11 Å². The molecule has 0 saturated carbocycles. The van der Waals surface area contributed by atoms with Crippen LogP contribution in [0.1, 0.15) is 53.7 Å². The molecular weight excluding hydrogens is 936 g/mol. The van der Waals surface area contributed by atoms with Crippen LogP contribution in [-0.4, -0.2) is 72.1 Å². The van der Waals surface area contributed by atoms with Gasteiger partial charge in [0.05, 0.1) is 54.1 Å². The zero-order valence-corrected chi connectivity index (χ0v) is 38.6. The highest BCUT2D eigenvalue weighted by atomic mass is 35.5. The summed E-state index contributed by atoms with van der Waals surface area (Å²) in [4.78, 5) is 13.8. The van der Waals surface area contributed by atoms with Crippen LogP contribution in [0.4, 0.5) is 28.7 Å². The molecule has 0 aliphatic carbocycles. The average molecular weight is 980 g/mol. The first-order valence-corrected chi connectivity index (χ1v) is 24.0. The van der Waals surface area contributed by atoms with E-state index in [1.807, 2.05) is 37.3 Å². The van der Waals surface area contributed by atoms with Gasteiger partial charge in [0.25, 0.3) is 20.2 Å². The van der Waals surface area contributed by atoms with E-state index in [-0.39, 0.29) is 66.3 Å². The summed E-state index contributed by atoms with van der Waals surface area (Å²) in [5.74, 6) is 0.936. The molecule has 0 unspecified atom stereocenters. The Morgan fingerprint density at radius 3 is 1.79 bits per heavy atom. The van der Waals surface area contributed by atoms with Gasteiger partial charge in [0.2, 0.25) is 5.95 Å². The number of aliphatic hydroxyl groups is 1. The van der Waals surface area contributed by atoms with Gasteiger partial charge in [-0.05, 0) is 66.4 Å². The van der Waals surface area contributed by atoms with Crippen LogP contribution in [0.3, 0.4) is 0 Å². The fourth-order valence-corrected chi connectivity index (χ4v) is 7.75. The summed E-state index contributed by atoms with van der Waals surface area (Å²) < 4.78 is 83.2. The number of methoxy groups -OCH3 is 1. The highest BCUT2D eigenvalue weighted by molar-refractivity contribution is 7.86. The molecule has 0 aliphatic heterocycles. The van der Waals surface area contributed by atoms with Crippen molar-refractivity contribution in [2.45, 2.75) is 50.7 Å². The molecule has 1 aromatic heterocycles. The van der Waals surface area contributed by atoms with Gasteiger partial charge in [0.1, 0.15) is 45.2 Å². The molecule has 346 valence electrons. The number of aliphatic hydroxyl groups excluding tert-OH is 1. The highest BCUT2D eigenvalue weighted by Crippen LogP contribution is 2.38. The Kier molecular flexibility index (Phi) is 17.1. The van der Waals surface area contributed by atoms with E-state index in [4.69, 9.17) is 52.4 Å². The Morgan fingerprint density at radius 1 is 0.667 bits per heavy atom. The van der Waals surface area contributed by atoms with Crippen molar-refractivity contribution in [3.05, 3.63) is 141 Å². The number of hydrogen-bond acceptors (Lipinski definition) is 16. The molecule has 0 fully saturated rings. The molecule has 0 bridgehead atoms. The minimum absolute atomic E-state index is 0.0229. The third-order valence-electron chi connectivity index (χ3n) is 9.33. The van der Waals surface area contributed by atoms with Gasteiger partial charge >= 0.3 is 0 Å². The minimum Gasteiger partial charge on any atom is -0.495 e. The van der Waals surface area contributed by atoms with Crippen molar-refractivity contribution >= 4 is 72.1 Å². The van der Waals surface area contributed by atoms with Gasteiger partial charge in [-0.15, -0.1) is 10.2 Å². The molecule has 0 aliphatic rings. The van der Waals surface area contributed by atoms with E-state index in [1.54, 1.807) is 42.5 Å². The molecule has 6 aromatic rings. The molecule has 0 atom stereocenters. The molecular formula is C44H44Cl2N8O10S2. The molecule has 4 N–H and O–H groups in total. The quantitative estimate of drug-likeness (QED) is 0.0280. The number of nitrogens with zero attached hydrogens (tertiary/aromatic N) is 7. The summed E-state index contributed by atoms with van der Waals surface area (Å²) in [5.41, 5.74) is 3.90. The number of rotatable bonds is 22. The predicted molar refractivity (Wildman–Crippen MR) is 248 cm³/mol. The second-order valence-corrected chi connectivity index (χ2v) is 18.2. The summed E-state index contributed by atoms with van der Waals surface area (Å²) in [7, 11) is -7.70. The molecule has 18 nitrogen and oxygen atoms in total. The first-order chi connectivity index (χ1) is 31.6. The first-order valence-electron chi connectivity index (χ1n) is 20.2. The van der Waals surface area contributed by atoms with E-state index in [9.17, 15) is 31.0 Å². The molecule has 5 aromatic carbocycles. The largest absolute Gasteiger partial charge is 0.495 e. The number of nitrogens with one attached hydrogen (secondary N) is 1. The zero-order valence-electron chi connectivity index (χ0n) is 35.5. The average Bonchev–Trinajstić information content (AvgIpc) is 3.29. The van der Waals surface area contributed by atoms with E-state index in [0.29, 0.717) is 58.1 Å². The Bertz CT molecular complexity index is 2930.